The monoisotopic (exact) mass is 375 g/mol. The number of phenols is 1. The molecule has 1 aromatic carbocycles. The Bertz CT molecular complexity index is 567. The van der Waals surface area contributed by atoms with E-state index in [0.717, 1.165) is 44.1 Å². The Morgan fingerprint density at radius 3 is 2.56 bits per heavy atom. The molecular formula is C24H41NO2. The van der Waals surface area contributed by atoms with E-state index in [2.05, 4.69) is 32.9 Å². The van der Waals surface area contributed by atoms with Gasteiger partial charge in [0.2, 0.25) is 0 Å². The average molecular weight is 376 g/mol. The predicted molar refractivity (Wildman–Crippen MR) is 114 cm³/mol. The number of aliphatic hydroxyl groups is 1. The van der Waals surface area contributed by atoms with Crippen molar-refractivity contribution in [2.75, 3.05) is 6.54 Å². The zero-order valence-corrected chi connectivity index (χ0v) is 17.7. The van der Waals surface area contributed by atoms with Crippen molar-refractivity contribution in [2.45, 2.75) is 102 Å². The van der Waals surface area contributed by atoms with Gasteiger partial charge < -0.3 is 15.9 Å². The number of phenolic OH excluding ortho intramolecular Hbond substituents is 1. The number of aromatic hydroxyl groups is 1. The molecule has 4 N–H and O–H groups in total. The number of benzene rings is 1. The van der Waals surface area contributed by atoms with Crippen LogP contribution in [0, 0.1) is 5.92 Å². The molecule has 1 aliphatic carbocycles. The minimum absolute atomic E-state index is 0.0782. The van der Waals surface area contributed by atoms with Crippen LogP contribution in [0.1, 0.15) is 102 Å². The van der Waals surface area contributed by atoms with E-state index in [-0.39, 0.29) is 17.4 Å². The lowest BCUT2D eigenvalue weighted by Crippen LogP contribution is -2.27. The zero-order chi connectivity index (χ0) is 19.9. The van der Waals surface area contributed by atoms with E-state index in [1.54, 1.807) is 0 Å². The number of nitrogens with two attached hydrogens (primary N) is 1. The third-order valence-corrected chi connectivity index (χ3v) is 6.61. The van der Waals surface area contributed by atoms with Gasteiger partial charge in [-0.3, -0.25) is 0 Å². The topological polar surface area (TPSA) is 66.5 Å². The van der Waals surface area contributed by atoms with Gasteiger partial charge in [-0.25, -0.2) is 0 Å². The van der Waals surface area contributed by atoms with E-state index in [4.69, 9.17) is 5.73 Å². The summed E-state index contributed by atoms with van der Waals surface area (Å²) in [5, 5.41) is 21.0. The molecule has 1 saturated carbocycles. The van der Waals surface area contributed by atoms with E-state index in [1.165, 1.54) is 31.2 Å². The second-order valence-corrected chi connectivity index (χ2v) is 9.23. The van der Waals surface area contributed by atoms with Crippen LogP contribution in [0.5, 0.6) is 5.75 Å². The molecule has 0 bridgehead atoms. The highest BCUT2D eigenvalue weighted by molar-refractivity contribution is 5.42. The number of rotatable bonds is 10. The van der Waals surface area contributed by atoms with Gasteiger partial charge in [-0.15, -0.1) is 0 Å². The minimum Gasteiger partial charge on any atom is -0.508 e. The van der Waals surface area contributed by atoms with Crippen LogP contribution in [0.3, 0.4) is 0 Å². The second kappa shape index (κ2) is 10.5. The molecule has 3 atom stereocenters. The minimum atomic E-state index is -0.252. The third-order valence-electron chi connectivity index (χ3n) is 6.61. The standard InChI is InChI=1S/C24H41NO2/c1-4-5-6-7-14-24(2,3)19-11-13-21(23(27)16-19)22-17-20(26)12-10-18(22)9-8-15-25/h11,13,16,18,20,22,26-27H,4-10,12,14-15,17,25H2,1-3H3/t18-,20-,22-/m1/s1. The quantitative estimate of drug-likeness (QED) is 0.465. The van der Waals surface area contributed by atoms with Crippen LogP contribution in [0.2, 0.25) is 0 Å². The van der Waals surface area contributed by atoms with E-state index in [9.17, 15) is 10.2 Å². The molecule has 0 aromatic heterocycles. The smallest absolute Gasteiger partial charge is 0.119 e. The van der Waals surface area contributed by atoms with Gasteiger partial charge >= 0.3 is 0 Å². The van der Waals surface area contributed by atoms with Gasteiger partial charge in [0.05, 0.1) is 6.10 Å². The highest BCUT2D eigenvalue weighted by atomic mass is 16.3. The summed E-state index contributed by atoms with van der Waals surface area (Å²) in [5.41, 5.74) is 8.03. The normalized spacial score (nSPS) is 23.5. The Morgan fingerprint density at radius 2 is 1.89 bits per heavy atom. The fourth-order valence-corrected chi connectivity index (χ4v) is 4.73. The molecule has 0 radical (unpaired) electrons. The maximum Gasteiger partial charge on any atom is 0.119 e. The van der Waals surface area contributed by atoms with Crippen molar-refractivity contribution < 1.29 is 10.2 Å². The molecule has 1 aromatic rings. The Hall–Kier alpha value is -1.06. The summed E-state index contributed by atoms with van der Waals surface area (Å²) in [7, 11) is 0. The van der Waals surface area contributed by atoms with E-state index in [0.29, 0.717) is 18.2 Å². The zero-order valence-electron chi connectivity index (χ0n) is 17.7. The SMILES string of the molecule is CCCCCCC(C)(C)c1ccc([C@@H]2C[C@H](O)CC[C@H]2CCCN)c(O)c1. The predicted octanol–water partition coefficient (Wildman–Crippen LogP) is 5.62. The molecule has 0 unspecified atom stereocenters. The van der Waals surface area contributed by atoms with E-state index in [1.807, 2.05) is 6.07 Å². The van der Waals surface area contributed by atoms with Crippen LogP contribution in [-0.4, -0.2) is 22.9 Å². The number of hydrogen-bond acceptors (Lipinski definition) is 3. The second-order valence-electron chi connectivity index (χ2n) is 9.23. The molecule has 27 heavy (non-hydrogen) atoms. The van der Waals surface area contributed by atoms with Gasteiger partial charge in [0, 0.05) is 0 Å². The lowest BCUT2D eigenvalue weighted by molar-refractivity contribution is 0.0899. The first-order chi connectivity index (χ1) is 12.9. The van der Waals surface area contributed by atoms with Crippen LogP contribution < -0.4 is 5.73 Å². The Kier molecular flexibility index (Phi) is 8.62. The molecule has 0 aliphatic heterocycles. The van der Waals surface area contributed by atoms with Crippen LogP contribution in [0.4, 0.5) is 0 Å². The maximum absolute atomic E-state index is 10.8. The summed E-state index contributed by atoms with van der Waals surface area (Å²) in [6, 6.07) is 6.31. The van der Waals surface area contributed by atoms with Crippen molar-refractivity contribution >= 4 is 0 Å². The molecule has 1 aliphatic rings. The van der Waals surface area contributed by atoms with Gasteiger partial charge in [-0.2, -0.15) is 0 Å². The molecule has 0 spiro atoms. The van der Waals surface area contributed by atoms with Crippen molar-refractivity contribution in [3.05, 3.63) is 29.3 Å². The fourth-order valence-electron chi connectivity index (χ4n) is 4.73. The first-order valence-electron chi connectivity index (χ1n) is 11.1. The summed E-state index contributed by atoms with van der Waals surface area (Å²) in [4.78, 5) is 0. The average Bonchev–Trinajstić information content (AvgIpc) is 2.64. The van der Waals surface area contributed by atoms with Crippen molar-refractivity contribution in [2.24, 2.45) is 11.7 Å². The Balaban J connectivity index is 2.13. The molecule has 0 heterocycles. The number of unbranched alkanes of at least 4 members (excludes halogenated alkanes) is 3. The van der Waals surface area contributed by atoms with Crippen LogP contribution in [-0.2, 0) is 5.41 Å². The van der Waals surface area contributed by atoms with E-state index >= 15 is 0 Å². The molecule has 1 fully saturated rings. The first kappa shape index (κ1) is 22.2. The summed E-state index contributed by atoms with van der Waals surface area (Å²) < 4.78 is 0. The highest BCUT2D eigenvalue weighted by Crippen LogP contribution is 2.44. The number of aliphatic hydroxyl groups excluding tert-OH is 1. The maximum atomic E-state index is 10.8. The van der Waals surface area contributed by atoms with Gasteiger partial charge in [-0.05, 0) is 79.5 Å². The number of hydrogen-bond donors (Lipinski definition) is 3. The molecule has 3 nitrogen and oxygen atoms in total. The summed E-state index contributed by atoms with van der Waals surface area (Å²) in [6.45, 7) is 7.51. The molecular weight excluding hydrogens is 334 g/mol. The largest absolute Gasteiger partial charge is 0.508 e. The van der Waals surface area contributed by atoms with Crippen LogP contribution >= 0.6 is 0 Å². The first-order valence-corrected chi connectivity index (χ1v) is 11.1. The molecule has 0 saturated heterocycles. The lowest BCUT2D eigenvalue weighted by atomic mass is 9.71. The molecule has 2 rings (SSSR count). The van der Waals surface area contributed by atoms with Gasteiger partial charge in [0.15, 0.2) is 0 Å². The summed E-state index contributed by atoms with van der Waals surface area (Å²) in [6.07, 6.45) is 10.7. The Morgan fingerprint density at radius 1 is 1.11 bits per heavy atom. The lowest BCUT2D eigenvalue weighted by Gasteiger charge is -2.35. The van der Waals surface area contributed by atoms with Crippen molar-refractivity contribution in [1.82, 2.24) is 0 Å². The van der Waals surface area contributed by atoms with Crippen molar-refractivity contribution in [3.63, 3.8) is 0 Å². The summed E-state index contributed by atoms with van der Waals surface area (Å²) in [5.74, 6) is 1.16. The fraction of sp³-hybridized carbons (Fsp3) is 0.750. The Labute approximate surface area is 166 Å². The van der Waals surface area contributed by atoms with Crippen LogP contribution in [0.15, 0.2) is 18.2 Å². The van der Waals surface area contributed by atoms with Gasteiger partial charge in [0.25, 0.3) is 0 Å². The third kappa shape index (κ3) is 6.22. The van der Waals surface area contributed by atoms with Crippen LogP contribution in [0.25, 0.3) is 0 Å². The van der Waals surface area contributed by atoms with Crippen molar-refractivity contribution in [1.29, 1.82) is 0 Å². The van der Waals surface area contributed by atoms with E-state index < -0.39 is 0 Å². The molecule has 0 amide bonds. The highest BCUT2D eigenvalue weighted by Gasteiger charge is 2.32. The molecule has 154 valence electrons. The van der Waals surface area contributed by atoms with Crippen molar-refractivity contribution in [3.8, 4) is 5.75 Å². The summed E-state index contributed by atoms with van der Waals surface area (Å²) >= 11 is 0. The van der Waals surface area contributed by atoms with Gasteiger partial charge in [-0.1, -0.05) is 58.6 Å². The molecule has 3 heteroatoms. The van der Waals surface area contributed by atoms with Gasteiger partial charge in [0.1, 0.15) is 5.75 Å².